The minimum absolute atomic E-state index is 0.0147. The van der Waals surface area contributed by atoms with Gasteiger partial charge in [-0.1, -0.05) is 5.16 Å². The molecule has 0 fully saturated rings. The molecule has 1 aliphatic rings. The minimum atomic E-state index is -1.22. The second-order valence-electron chi connectivity index (χ2n) is 5.13. The molecule has 21 heavy (non-hydrogen) atoms. The van der Waals surface area contributed by atoms with E-state index in [1.165, 1.54) is 7.11 Å². The SMILES string of the molecule is COC(=O)C1(CN)CC(c2cc(C)c(OC)cc2C)=NO1. The molecular formula is C15H20N2O4. The fourth-order valence-corrected chi connectivity index (χ4v) is 2.43. The van der Waals surface area contributed by atoms with Gasteiger partial charge in [0.25, 0.3) is 5.60 Å². The Labute approximate surface area is 123 Å². The van der Waals surface area contributed by atoms with Crippen LogP contribution < -0.4 is 10.5 Å². The molecule has 1 aromatic rings. The number of ether oxygens (including phenoxy) is 2. The molecule has 0 spiro atoms. The van der Waals surface area contributed by atoms with Crippen molar-refractivity contribution in [3.63, 3.8) is 0 Å². The zero-order chi connectivity index (χ0) is 15.6. The van der Waals surface area contributed by atoms with Crippen molar-refractivity contribution < 1.29 is 19.1 Å². The third-order valence-electron chi connectivity index (χ3n) is 3.72. The van der Waals surface area contributed by atoms with Crippen LogP contribution in [0.3, 0.4) is 0 Å². The number of nitrogens with two attached hydrogens (primary N) is 1. The topological polar surface area (TPSA) is 83.1 Å². The summed E-state index contributed by atoms with van der Waals surface area (Å²) in [5.74, 6) is 0.306. The van der Waals surface area contributed by atoms with Gasteiger partial charge in [0.2, 0.25) is 0 Å². The second-order valence-corrected chi connectivity index (χ2v) is 5.13. The lowest BCUT2D eigenvalue weighted by molar-refractivity contribution is -0.165. The molecule has 1 aromatic carbocycles. The zero-order valence-electron chi connectivity index (χ0n) is 12.7. The standard InChI is InChI=1S/C15H20N2O4/c1-9-6-13(19-3)10(2)5-11(9)12-7-15(8-16,21-17-12)14(18)20-4/h5-6H,7-8,16H2,1-4H3. The Bertz CT molecular complexity index is 598. The highest BCUT2D eigenvalue weighted by Crippen LogP contribution is 2.31. The van der Waals surface area contributed by atoms with Crippen LogP contribution in [0.4, 0.5) is 0 Å². The molecule has 0 saturated heterocycles. The predicted octanol–water partition coefficient (Wildman–Crippen LogP) is 1.31. The van der Waals surface area contributed by atoms with Gasteiger partial charge in [0, 0.05) is 18.5 Å². The van der Waals surface area contributed by atoms with E-state index in [1.54, 1.807) is 7.11 Å². The number of methoxy groups -OCH3 is 2. The van der Waals surface area contributed by atoms with Gasteiger partial charge in [-0.3, -0.25) is 0 Å². The van der Waals surface area contributed by atoms with E-state index in [9.17, 15) is 4.79 Å². The maximum atomic E-state index is 11.9. The van der Waals surface area contributed by atoms with Crippen molar-refractivity contribution in [1.29, 1.82) is 0 Å². The lowest BCUT2D eigenvalue weighted by Crippen LogP contribution is -2.46. The van der Waals surface area contributed by atoms with Crippen molar-refractivity contribution in [3.8, 4) is 5.75 Å². The molecule has 1 atom stereocenters. The Hall–Kier alpha value is -2.08. The zero-order valence-corrected chi connectivity index (χ0v) is 12.7. The fourth-order valence-electron chi connectivity index (χ4n) is 2.43. The number of aryl methyl sites for hydroxylation is 2. The van der Waals surface area contributed by atoms with Crippen LogP contribution in [-0.4, -0.2) is 38.0 Å². The molecule has 2 N–H and O–H groups in total. The Morgan fingerprint density at radius 3 is 2.67 bits per heavy atom. The summed E-state index contributed by atoms with van der Waals surface area (Å²) in [6.07, 6.45) is 0.294. The fraction of sp³-hybridized carbons (Fsp3) is 0.467. The van der Waals surface area contributed by atoms with Crippen LogP contribution >= 0.6 is 0 Å². The summed E-state index contributed by atoms with van der Waals surface area (Å²) in [4.78, 5) is 17.2. The molecule has 0 saturated carbocycles. The summed E-state index contributed by atoms with van der Waals surface area (Å²) in [5.41, 5.74) is 8.06. The van der Waals surface area contributed by atoms with Gasteiger partial charge in [0.1, 0.15) is 5.75 Å². The number of oxime groups is 1. The van der Waals surface area contributed by atoms with Crippen molar-refractivity contribution in [2.75, 3.05) is 20.8 Å². The van der Waals surface area contributed by atoms with Crippen LogP contribution in [0.1, 0.15) is 23.1 Å². The first-order chi connectivity index (χ1) is 9.97. The average molecular weight is 292 g/mol. The third-order valence-corrected chi connectivity index (χ3v) is 3.72. The summed E-state index contributed by atoms with van der Waals surface area (Å²) in [7, 11) is 2.94. The number of hydrogen-bond donors (Lipinski definition) is 1. The minimum Gasteiger partial charge on any atom is -0.496 e. The van der Waals surface area contributed by atoms with E-state index < -0.39 is 11.6 Å². The lowest BCUT2D eigenvalue weighted by atomic mass is 9.91. The molecule has 0 aliphatic carbocycles. The summed E-state index contributed by atoms with van der Waals surface area (Å²) >= 11 is 0. The van der Waals surface area contributed by atoms with Crippen molar-refractivity contribution in [2.24, 2.45) is 10.9 Å². The molecular weight excluding hydrogens is 272 g/mol. The van der Waals surface area contributed by atoms with Gasteiger partial charge in [-0.15, -0.1) is 0 Å². The molecule has 0 aromatic heterocycles. The van der Waals surface area contributed by atoms with E-state index in [4.69, 9.17) is 20.0 Å². The van der Waals surface area contributed by atoms with Gasteiger partial charge in [-0.05, 0) is 37.1 Å². The number of hydrogen-bond acceptors (Lipinski definition) is 6. The van der Waals surface area contributed by atoms with E-state index in [0.717, 1.165) is 22.4 Å². The summed E-state index contributed by atoms with van der Waals surface area (Å²) in [6, 6.07) is 3.91. The van der Waals surface area contributed by atoms with Crippen LogP contribution in [0.5, 0.6) is 5.75 Å². The van der Waals surface area contributed by atoms with Crippen LogP contribution in [0.2, 0.25) is 0 Å². The maximum absolute atomic E-state index is 11.9. The van der Waals surface area contributed by atoms with Crippen molar-refractivity contribution in [3.05, 3.63) is 28.8 Å². The van der Waals surface area contributed by atoms with Gasteiger partial charge < -0.3 is 20.0 Å². The molecule has 6 nitrogen and oxygen atoms in total. The molecule has 1 heterocycles. The number of rotatable bonds is 4. The first-order valence-corrected chi connectivity index (χ1v) is 6.66. The summed E-state index contributed by atoms with van der Waals surface area (Å²) < 4.78 is 10.1. The molecule has 0 radical (unpaired) electrons. The number of nitrogens with zero attached hydrogens (tertiary/aromatic N) is 1. The van der Waals surface area contributed by atoms with Crippen molar-refractivity contribution in [2.45, 2.75) is 25.9 Å². The largest absolute Gasteiger partial charge is 0.496 e. The Morgan fingerprint density at radius 1 is 1.38 bits per heavy atom. The molecule has 6 heteroatoms. The highest BCUT2D eigenvalue weighted by atomic mass is 16.7. The molecule has 0 amide bonds. The van der Waals surface area contributed by atoms with Gasteiger partial charge >= 0.3 is 5.97 Å². The van der Waals surface area contributed by atoms with E-state index >= 15 is 0 Å². The highest BCUT2D eigenvalue weighted by Gasteiger charge is 2.47. The third kappa shape index (κ3) is 2.58. The normalized spacial score (nSPS) is 20.7. The van der Waals surface area contributed by atoms with Crippen molar-refractivity contribution >= 4 is 11.7 Å². The van der Waals surface area contributed by atoms with Crippen LogP contribution in [0, 0.1) is 13.8 Å². The molecule has 0 bridgehead atoms. The number of carbonyl (C=O) groups excluding carboxylic acids is 1. The Morgan fingerprint density at radius 2 is 2.10 bits per heavy atom. The number of benzene rings is 1. The molecule has 1 unspecified atom stereocenters. The predicted molar refractivity (Wildman–Crippen MR) is 78.5 cm³/mol. The van der Waals surface area contributed by atoms with Crippen LogP contribution in [0.25, 0.3) is 0 Å². The van der Waals surface area contributed by atoms with E-state index in [0.29, 0.717) is 12.1 Å². The lowest BCUT2D eigenvalue weighted by Gasteiger charge is -2.21. The van der Waals surface area contributed by atoms with E-state index in [-0.39, 0.29) is 6.54 Å². The highest BCUT2D eigenvalue weighted by molar-refractivity contribution is 6.06. The Kier molecular flexibility index (Phi) is 4.18. The summed E-state index contributed by atoms with van der Waals surface area (Å²) in [6.45, 7) is 3.93. The van der Waals surface area contributed by atoms with Crippen LogP contribution in [0.15, 0.2) is 17.3 Å². The second kappa shape index (κ2) is 5.73. The molecule has 114 valence electrons. The first kappa shape index (κ1) is 15.3. The smallest absolute Gasteiger partial charge is 0.354 e. The first-order valence-electron chi connectivity index (χ1n) is 6.66. The van der Waals surface area contributed by atoms with E-state index in [2.05, 4.69) is 5.16 Å². The maximum Gasteiger partial charge on any atom is 0.354 e. The monoisotopic (exact) mass is 292 g/mol. The molecule has 1 aliphatic heterocycles. The molecule has 2 rings (SSSR count). The Balaban J connectivity index is 2.33. The number of carbonyl (C=O) groups is 1. The summed E-state index contributed by atoms with van der Waals surface area (Å²) in [5, 5.41) is 4.05. The van der Waals surface area contributed by atoms with Gasteiger partial charge in [0.05, 0.1) is 19.9 Å². The van der Waals surface area contributed by atoms with Gasteiger partial charge in [0.15, 0.2) is 0 Å². The van der Waals surface area contributed by atoms with Gasteiger partial charge in [-0.2, -0.15) is 0 Å². The van der Waals surface area contributed by atoms with Crippen LogP contribution in [-0.2, 0) is 14.4 Å². The van der Waals surface area contributed by atoms with Gasteiger partial charge in [-0.25, -0.2) is 4.79 Å². The average Bonchev–Trinajstić information content (AvgIpc) is 2.93. The van der Waals surface area contributed by atoms with E-state index in [1.807, 2.05) is 26.0 Å². The number of esters is 1. The van der Waals surface area contributed by atoms with Crippen molar-refractivity contribution in [1.82, 2.24) is 0 Å². The quantitative estimate of drug-likeness (QED) is 0.846.